The minimum atomic E-state index is 0.322. The summed E-state index contributed by atoms with van der Waals surface area (Å²) in [4.78, 5) is 10.9. The molecule has 0 aliphatic heterocycles. The summed E-state index contributed by atoms with van der Waals surface area (Å²) in [6.45, 7) is 1.74. The fourth-order valence-corrected chi connectivity index (χ4v) is 2.19. The summed E-state index contributed by atoms with van der Waals surface area (Å²) in [5, 5.41) is 1.19. The Hall–Kier alpha value is -1.35. The summed E-state index contributed by atoms with van der Waals surface area (Å²) >= 11 is 1.63. The van der Waals surface area contributed by atoms with E-state index in [4.69, 9.17) is 0 Å². The lowest BCUT2D eigenvalue weighted by molar-refractivity contribution is 0.270. The van der Waals surface area contributed by atoms with E-state index in [9.17, 15) is 4.79 Å². The van der Waals surface area contributed by atoms with Gasteiger partial charge in [-0.25, -0.2) is 4.79 Å². The van der Waals surface area contributed by atoms with E-state index in [0.717, 1.165) is 4.88 Å². The first-order valence-corrected chi connectivity index (χ1v) is 4.68. The molecule has 3 heteroatoms. The molecule has 0 saturated heterocycles. The molecule has 0 fully saturated rings. The fourth-order valence-electron chi connectivity index (χ4n) is 1.21. The second-order valence-corrected chi connectivity index (χ2v) is 3.79. The molecule has 65 valence electrons. The lowest BCUT2D eigenvalue weighted by Crippen LogP contribution is -1.84. The fraction of sp³-hybridized carbons (Fsp3) is 0.100. The molecule has 0 spiro atoms. The third-order valence-corrected chi connectivity index (χ3v) is 2.84. The molecule has 2 rings (SSSR count). The average molecular weight is 191 g/mol. The summed E-state index contributed by atoms with van der Waals surface area (Å²) in [6, 6.07) is 10.1. The zero-order chi connectivity index (χ0) is 9.10. The number of fused-ring (bicyclic) bond motifs is 1. The Labute approximate surface area is 79.8 Å². The molecule has 1 aromatic carbocycles. The van der Waals surface area contributed by atoms with Crippen molar-refractivity contribution < 1.29 is 9.53 Å². The molecule has 0 amide bonds. The van der Waals surface area contributed by atoms with Crippen LogP contribution in [0.15, 0.2) is 30.3 Å². The van der Waals surface area contributed by atoms with Crippen LogP contribution in [-0.4, -0.2) is 6.47 Å². The smallest absolute Gasteiger partial charge is 0.417 e. The van der Waals surface area contributed by atoms with E-state index in [-0.39, 0.29) is 0 Å². The van der Waals surface area contributed by atoms with Crippen molar-refractivity contribution in [3.8, 4) is 0 Å². The predicted molar refractivity (Wildman–Crippen MR) is 52.3 cm³/mol. The van der Waals surface area contributed by atoms with Crippen molar-refractivity contribution in [1.29, 1.82) is 0 Å². The Kier molecular flexibility index (Phi) is 2.27. The second-order valence-electron chi connectivity index (χ2n) is 2.62. The highest BCUT2D eigenvalue weighted by atomic mass is 32.1. The Morgan fingerprint density at radius 2 is 2.23 bits per heavy atom. The molecule has 13 heavy (non-hydrogen) atoms. The largest absolute Gasteiger partial charge is 0.452 e. The Balaban J connectivity index is 2.32. The molecule has 1 radical (unpaired) electrons. The summed E-state index contributed by atoms with van der Waals surface area (Å²) in [6.07, 6.45) is 0. The topological polar surface area (TPSA) is 26.3 Å². The molecule has 1 heterocycles. The highest BCUT2D eigenvalue weighted by Crippen LogP contribution is 2.25. The van der Waals surface area contributed by atoms with Crippen LogP contribution in [0, 0.1) is 0 Å². The summed E-state index contributed by atoms with van der Waals surface area (Å²) in [7, 11) is 0. The minimum absolute atomic E-state index is 0.322. The van der Waals surface area contributed by atoms with Gasteiger partial charge in [-0.05, 0) is 17.5 Å². The number of ether oxygens (including phenoxy) is 1. The Morgan fingerprint density at radius 3 is 3.00 bits per heavy atom. The number of rotatable bonds is 3. The zero-order valence-corrected chi connectivity index (χ0v) is 7.64. The molecular formula is C10H7O2S. The van der Waals surface area contributed by atoms with Gasteiger partial charge in [0.25, 0.3) is 0 Å². The van der Waals surface area contributed by atoms with Crippen LogP contribution in [0.4, 0.5) is 0 Å². The summed E-state index contributed by atoms with van der Waals surface area (Å²) in [5.74, 6) is 0. The van der Waals surface area contributed by atoms with E-state index in [0.29, 0.717) is 6.61 Å². The van der Waals surface area contributed by atoms with Gasteiger partial charge in [0, 0.05) is 9.58 Å². The first kappa shape index (κ1) is 8.26. The van der Waals surface area contributed by atoms with E-state index in [2.05, 4.69) is 4.74 Å². The van der Waals surface area contributed by atoms with Crippen LogP contribution >= 0.6 is 11.3 Å². The predicted octanol–water partition coefficient (Wildman–Crippen LogP) is 2.49. The highest BCUT2D eigenvalue weighted by molar-refractivity contribution is 7.19. The highest BCUT2D eigenvalue weighted by Gasteiger charge is 2.00. The average Bonchev–Trinajstić information content (AvgIpc) is 2.57. The normalized spacial score (nSPS) is 10.2. The zero-order valence-electron chi connectivity index (χ0n) is 6.82. The van der Waals surface area contributed by atoms with E-state index in [1.165, 1.54) is 16.6 Å². The van der Waals surface area contributed by atoms with E-state index < -0.39 is 0 Å². The van der Waals surface area contributed by atoms with Crippen LogP contribution in [0.25, 0.3) is 10.1 Å². The number of hydrogen-bond donors (Lipinski definition) is 0. The quantitative estimate of drug-likeness (QED) is 0.745. The molecule has 2 nitrogen and oxygen atoms in total. The SMILES string of the molecule is O=[C]OCc1cc2ccccc2s1. The van der Waals surface area contributed by atoms with E-state index in [1.54, 1.807) is 11.3 Å². The van der Waals surface area contributed by atoms with Gasteiger partial charge < -0.3 is 4.74 Å². The van der Waals surface area contributed by atoms with Crippen molar-refractivity contribution in [3.63, 3.8) is 0 Å². The number of benzene rings is 1. The molecule has 0 N–H and O–H groups in total. The maximum Gasteiger partial charge on any atom is 0.417 e. The third kappa shape index (κ3) is 1.70. The monoisotopic (exact) mass is 191 g/mol. The van der Waals surface area contributed by atoms with Crippen molar-refractivity contribution in [2.75, 3.05) is 0 Å². The van der Waals surface area contributed by atoms with Gasteiger partial charge in [0.2, 0.25) is 0 Å². The van der Waals surface area contributed by atoms with E-state index in [1.807, 2.05) is 30.3 Å². The van der Waals surface area contributed by atoms with Gasteiger partial charge in [-0.3, -0.25) is 0 Å². The molecule has 0 unspecified atom stereocenters. The molecule has 2 aromatic rings. The van der Waals surface area contributed by atoms with Crippen LogP contribution < -0.4 is 0 Å². The van der Waals surface area contributed by atoms with Crippen molar-refractivity contribution in [2.45, 2.75) is 6.61 Å². The van der Waals surface area contributed by atoms with Crippen LogP contribution in [0.1, 0.15) is 4.88 Å². The molecule has 0 aliphatic carbocycles. The Morgan fingerprint density at radius 1 is 1.38 bits per heavy atom. The third-order valence-electron chi connectivity index (χ3n) is 1.75. The molecule has 0 atom stereocenters. The lowest BCUT2D eigenvalue weighted by Gasteiger charge is -1.89. The molecule has 1 aromatic heterocycles. The lowest BCUT2D eigenvalue weighted by atomic mass is 10.2. The minimum Gasteiger partial charge on any atom is -0.452 e. The number of carbonyl (C=O) groups excluding carboxylic acids is 1. The summed E-state index contributed by atoms with van der Waals surface area (Å²) < 4.78 is 5.77. The van der Waals surface area contributed by atoms with Gasteiger partial charge in [-0.1, -0.05) is 18.2 Å². The van der Waals surface area contributed by atoms with Crippen LogP contribution in [0.2, 0.25) is 0 Å². The van der Waals surface area contributed by atoms with Gasteiger partial charge in [0.15, 0.2) is 0 Å². The number of thiophene rings is 1. The van der Waals surface area contributed by atoms with E-state index >= 15 is 0 Å². The van der Waals surface area contributed by atoms with Gasteiger partial charge in [-0.2, -0.15) is 0 Å². The number of hydrogen-bond acceptors (Lipinski definition) is 3. The van der Waals surface area contributed by atoms with Crippen LogP contribution in [0.3, 0.4) is 0 Å². The van der Waals surface area contributed by atoms with Gasteiger partial charge in [-0.15, -0.1) is 11.3 Å². The van der Waals surface area contributed by atoms with Gasteiger partial charge in [0.1, 0.15) is 6.61 Å². The van der Waals surface area contributed by atoms with Gasteiger partial charge in [0.05, 0.1) is 0 Å². The maximum atomic E-state index is 9.85. The molecule has 0 bridgehead atoms. The molecule has 0 saturated carbocycles. The van der Waals surface area contributed by atoms with Crippen LogP contribution in [-0.2, 0) is 16.1 Å². The first-order chi connectivity index (χ1) is 6.40. The molecular weight excluding hydrogens is 184 g/mol. The second kappa shape index (κ2) is 3.58. The van der Waals surface area contributed by atoms with Crippen molar-refractivity contribution in [3.05, 3.63) is 35.2 Å². The molecule has 0 aliphatic rings. The van der Waals surface area contributed by atoms with Crippen molar-refractivity contribution in [2.24, 2.45) is 0 Å². The van der Waals surface area contributed by atoms with Gasteiger partial charge >= 0.3 is 6.47 Å². The maximum absolute atomic E-state index is 9.85. The Bertz CT molecular complexity index is 387. The van der Waals surface area contributed by atoms with Crippen LogP contribution in [0.5, 0.6) is 0 Å². The van der Waals surface area contributed by atoms with Crippen molar-refractivity contribution in [1.82, 2.24) is 0 Å². The van der Waals surface area contributed by atoms with Crippen molar-refractivity contribution >= 4 is 27.9 Å². The first-order valence-electron chi connectivity index (χ1n) is 3.86. The summed E-state index contributed by atoms with van der Waals surface area (Å²) in [5.41, 5.74) is 0. The standard InChI is InChI=1S/C10H7O2S/c11-7-12-6-9-5-8-3-1-2-4-10(8)13-9/h1-5H,6H2.